The van der Waals surface area contributed by atoms with Gasteiger partial charge in [-0.05, 0) is 61.3 Å². The highest BCUT2D eigenvalue weighted by molar-refractivity contribution is 6.30. The lowest BCUT2D eigenvalue weighted by Gasteiger charge is -2.26. The van der Waals surface area contributed by atoms with Crippen LogP contribution in [-0.4, -0.2) is 19.0 Å². The molecule has 0 spiro atoms. The van der Waals surface area contributed by atoms with Gasteiger partial charge >= 0.3 is 0 Å². The zero-order chi connectivity index (χ0) is 16.9. The maximum absolute atomic E-state index is 13.7. The normalized spacial score (nSPS) is 16.6. The molecule has 2 N–H and O–H groups in total. The Hall–Kier alpha value is -1.91. The van der Waals surface area contributed by atoms with Crippen molar-refractivity contribution in [2.24, 2.45) is 5.92 Å². The molecule has 0 bridgehead atoms. The third-order valence-corrected chi connectivity index (χ3v) is 4.60. The highest BCUT2D eigenvalue weighted by Gasteiger charge is 2.25. The van der Waals surface area contributed by atoms with Crippen molar-refractivity contribution in [1.82, 2.24) is 10.6 Å². The number of benzene rings is 2. The lowest BCUT2D eigenvalue weighted by atomic mass is 9.94. The van der Waals surface area contributed by atoms with E-state index in [4.69, 9.17) is 11.6 Å². The number of rotatable bonds is 4. The Labute approximate surface area is 146 Å². The van der Waals surface area contributed by atoms with Gasteiger partial charge in [-0.2, -0.15) is 0 Å². The number of amides is 1. The molecular weight excluding hydrogens is 327 g/mol. The SMILES string of the molecule is O=C(NC(c1cccc(F)c1)c1cccc(Cl)c1)C1CCNCC1. The fourth-order valence-corrected chi connectivity index (χ4v) is 3.27. The van der Waals surface area contributed by atoms with Crippen molar-refractivity contribution in [3.05, 3.63) is 70.5 Å². The molecule has 5 heteroatoms. The summed E-state index contributed by atoms with van der Waals surface area (Å²) < 4.78 is 13.7. The number of halogens is 2. The first-order chi connectivity index (χ1) is 11.6. The van der Waals surface area contributed by atoms with Crippen LogP contribution < -0.4 is 10.6 Å². The first kappa shape index (κ1) is 16.9. The third-order valence-electron chi connectivity index (χ3n) is 4.36. The molecule has 1 fully saturated rings. The molecule has 0 aliphatic carbocycles. The van der Waals surface area contributed by atoms with Crippen molar-refractivity contribution >= 4 is 17.5 Å². The summed E-state index contributed by atoms with van der Waals surface area (Å²) in [6, 6.07) is 13.2. The molecule has 1 atom stereocenters. The van der Waals surface area contributed by atoms with E-state index in [0.717, 1.165) is 31.5 Å². The molecule has 126 valence electrons. The molecular formula is C19H20ClFN2O. The number of nitrogens with one attached hydrogen (secondary N) is 2. The maximum atomic E-state index is 13.7. The highest BCUT2D eigenvalue weighted by Crippen LogP contribution is 2.26. The molecule has 0 aromatic heterocycles. The van der Waals surface area contributed by atoms with E-state index in [1.165, 1.54) is 12.1 Å². The van der Waals surface area contributed by atoms with Crippen molar-refractivity contribution < 1.29 is 9.18 Å². The van der Waals surface area contributed by atoms with Crippen molar-refractivity contribution in [3.8, 4) is 0 Å². The number of hydrogen-bond acceptors (Lipinski definition) is 2. The van der Waals surface area contributed by atoms with E-state index >= 15 is 0 Å². The average Bonchev–Trinajstić information content (AvgIpc) is 2.60. The van der Waals surface area contributed by atoms with Gasteiger partial charge in [0.2, 0.25) is 5.91 Å². The van der Waals surface area contributed by atoms with Crippen LogP contribution in [0.25, 0.3) is 0 Å². The summed E-state index contributed by atoms with van der Waals surface area (Å²) in [6.45, 7) is 1.69. The largest absolute Gasteiger partial charge is 0.345 e. The molecule has 1 amide bonds. The van der Waals surface area contributed by atoms with Gasteiger partial charge in [-0.1, -0.05) is 35.9 Å². The van der Waals surface area contributed by atoms with Crippen LogP contribution in [0.4, 0.5) is 4.39 Å². The number of piperidine rings is 1. The molecule has 2 aromatic carbocycles. The second-order valence-electron chi connectivity index (χ2n) is 6.08. The first-order valence-electron chi connectivity index (χ1n) is 8.15. The Morgan fingerprint density at radius 2 is 1.79 bits per heavy atom. The van der Waals surface area contributed by atoms with Gasteiger partial charge in [-0.25, -0.2) is 4.39 Å². The summed E-state index contributed by atoms with van der Waals surface area (Å²) in [4.78, 5) is 12.7. The summed E-state index contributed by atoms with van der Waals surface area (Å²) in [7, 11) is 0. The second kappa shape index (κ2) is 7.77. The van der Waals surface area contributed by atoms with Gasteiger partial charge in [0.15, 0.2) is 0 Å². The Morgan fingerprint density at radius 1 is 1.12 bits per heavy atom. The fraction of sp³-hybridized carbons (Fsp3) is 0.316. The Bertz CT molecular complexity index is 671. The first-order valence-corrected chi connectivity index (χ1v) is 8.53. The average molecular weight is 347 g/mol. The van der Waals surface area contributed by atoms with Gasteiger partial charge < -0.3 is 10.6 Å². The molecule has 1 unspecified atom stereocenters. The summed E-state index contributed by atoms with van der Waals surface area (Å²) in [5, 5.41) is 6.92. The minimum Gasteiger partial charge on any atom is -0.345 e. The third kappa shape index (κ3) is 4.13. The molecule has 2 aromatic rings. The highest BCUT2D eigenvalue weighted by atomic mass is 35.5. The smallest absolute Gasteiger partial charge is 0.223 e. The molecule has 3 nitrogen and oxygen atoms in total. The van der Waals surface area contributed by atoms with Crippen LogP contribution in [0.3, 0.4) is 0 Å². The van der Waals surface area contributed by atoms with E-state index in [1.54, 1.807) is 18.2 Å². The quantitative estimate of drug-likeness (QED) is 0.886. The van der Waals surface area contributed by atoms with Crippen molar-refractivity contribution in [1.29, 1.82) is 0 Å². The van der Waals surface area contributed by atoms with Gasteiger partial charge in [0.1, 0.15) is 5.82 Å². The van der Waals surface area contributed by atoms with Crippen LogP contribution in [0, 0.1) is 11.7 Å². The fourth-order valence-electron chi connectivity index (χ4n) is 3.08. The van der Waals surface area contributed by atoms with Crippen LogP contribution in [0.2, 0.25) is 5.02 Å². The molecule has 1 aliphatic heterocycles. The van der Waals surface area contributed by atoms with E-state index < -0.39 is 6.04 Å². The van der Waals surface area contributed by atoms with Gasteiger partial charge in [-0.3, -0.25) is 4.79 Å². The topological polar surface area (TPSA) is 41.1 Å². The van der Waals surface area contributed by atoms with Crippen molar-refractivity contribution in [3.63, 3.8) is 0 Å². The maximum Gasteiger partial charge on any atom is 0.223 e. The predicted molar refractivity (Wildman–Crippen MR) is 93.4 cm³/mol. The van der Waals surface area contributed by atoms with Gasteiger partial charge in [0, 0.05) is 10.9 Å². The zero-order valence-electron chi connectivity index (χ0n) is 13.3. The Kier molecular flexibility index (Phi) is 5.48. The molecule has 1 aliphatic rings. The van der Waals surface area contributed by atoms with Gasteiger partial charge in [-0.15, -0.1) is 0 Å². The van der Waals surface area contributed by atoms with Gasteiger partial charge in [0.25, 0.3) is 0 Å². The Morgan fingerprint density at radius 3 is 2.46 bits per heavy atom. The summed E-state index contributed by atoms with van der Waals surface area (Å²) in [5.41, 5.74) is 1.55. The van der Waals surface area contributed by atoms with Crippen molar-refractivity contribution in [2.75, 3.05) is 13.1 Å². The van der Waals surface area contributed by atoms with E-state index in [9.17, 15) is 9.18 Å². The molecule has 1 heterocycles. The van der Waals surface area contributed by atoms with Crippen LogP contribution >= 0.6 is 11.6 Å². The monoisotopic (exact) mass is 346 g/mol. The molecule has 1 saturated heterocycles. The molecule has 24 heavy (non-hydrogen) atoms. The lowest BCUT2D eigenvalue weighted by molar-refractivity contribution is -0.126. The minimum atomic E-state index is -0.415. The van der Waals surface area contributed by atoms with Crippen LogP contribution in [-0.2, 0) is 4.79 Å². The summed E-state index contributed by atoms with van der Waals surface area (Å²) in [5.74, 6) is -0.331. The van der Waals surface area contributed by atoms with Gasteiger partial charge in [0.05, 0.1) is 6.04 Å². The number of carbonyl (C=O) groups excluding carboxylic acids is 1. The standard InChI is InChI=1S/C19H20ClFN2O/c20-16-5-1-3-14(11-16)18(15-4-2-6-17(21)12-15)23-19(24)13-7-9-22-10-8-13/h1-6,11-13,18,22H,7-10H2,(H,23,24). The zero-order valence-corrected chi connectivity index (χ0v) is 14.0. The number of carbonyl (C=O) groups is 1. The molecule has 0 saturated carbocycles. The second-order valence-corrected chi connectivity index (χ2v) is 6.51. The van der Waals surface area contributed by atoms with Crippen LogP contribution in [0.15, 0.2) is 48.5 Å². The molecule has 3 rings (SSSR count). The Balaban J connectivity index is 1.88. The van der Waals surface area contributed by atoms with E-state index in [-0.39, 0.29) is 17.6 Å². The predicted octanol–water partition coefficient (Wildman–Crippen LogP) is 3.68. The molecule has 0 radical (unpaired) electrons. The van der Waals surface area contributed by atoms with E-state index in [2.05, 4.69) is 10.6 Å². The van der Waals surface area contributed by atoms with E-state index in [1.807, 2.05) is 18.2 Å². The number of hydrogen-bond donors (Lipinski definition) is 2. The summed E-state index contributed by atoms with van der Waals surface area (Å²) >= 11 is 6.10. The van der Waals surface area contributed by atoms with Crippen LogP contribution in [0.1, 0.15) is 30.0 Å². The lowest BCUT2D eigenvalue weighted by Crippen LogP contribution is -2.40. The van der Waals surface area contributed by atoms with E-state index in [0.29, 0.717) is 10.6 Å². The van der Waals surface area contributed by atoms with Crippen molar-refractivity contribution in [2.45, 2.75) is 18.9 Å². The minimum absolute atomic E-state index is 0.00531. The summed E-state index contributed by atoms with van der Waals surface area (Å²) in [6.07, 6.45) is 1.63. The van der Waals surface area contributed by atoms with Crippen LogP contribution in [0.5, 0.6) is 0 Å².